The number of imide groups is 1. The van der Waals surface area contributed by atoms with Gasteiger partial charge < -0.3 is 66.8 Å². The molecule has 526 valence electrons. The number of nitrogens with two attached hydrogens (primary N) is 1. The van der Waals surface area contributed by atoms with E-state index in [2.05, 4.69) is 31.9 Å². The van der Waals surface area contributed by atoms with Crippen molar-refractivity contribution in [3.63, 3.8) is 0 Å². The van der Waals surface area contributed by atoms with Gasteiger partial charge in [-0.3, -0.25) is 48.1 Å². The van der Waals surface area contributed by atoms with Crippen LogP contribution in [0, 0.1) is 29.6 Å². The van der Waals surface area contributed by atoms with Crippen LogP contribution in [0.2, 0.25) is 0 Å². The number of benzene rings is 3. The van der Waals surface area contributed by atoms with Crippen molar-refractivity contribution in [2.45, 2.75) is 181 Å². The molecule has 0 saturated carbocycles. The zero-order valence-corrected chi connectivity index (χ0v) is 57.9. The molecule has 2 heterocycles. The third-order valence-corrected chi connectivity index (χ3v) is 17.9. The Morgan fingerprint density at radius 1 is 0.698 bits per heavy atom. The number of hydrogen-bond acceptors (Lipinski definition) is 15. The number of anilines is 2. The molecule has 12 atom stereocenters. The second-order valence-electron chi connectivity index (χ2n) is 26.0. The summed E-state index contributed by atoms with van der Waals surface area (Å²) < 4.78 is 17.8. The topological polar surface area (TPSA) is 347 Å². The number of urea groups is 1. The second kappa shape index (κ2) is 36.9. The highest BCUT2D eigenvalue weighted by molar-refractivity contribution is 6.28. The molecule has 96 heavy (non-hydrogen) atoms. The van der Waals surface area contributed by atoms with E-state index in [1.54, 1.807) is 121 Å². The molecule has 1 fully saturated rings. The van der Waals surface area contributed by atoms with Crippen LogP contribution in [0.3, 0.4) is 0 Å². The molecule has 9 N–H and O–H groups in total. The number of aliphatic hydroxyl groups is 1. The van der Waals surface area contributed by atoms with Crippen LogP contribution in [0.15, 0.2) is 91.0 Å². The number of likely N-dealkylation sites (N-methyl/N-ethyl adjacent to an activating group) is 2. The number of ether oxygens (including phenoxy) is 3. The second-order valence-corrected chi connectivity index (χ2v) is 26.0. The molecule has 26 heteroatoms. The number of amides is 12. The summed E-state index contributed by atoms with van der Waals surface area (Å²) in [6.07, 6.45) is 1.06. The van der Waals surface area contributed by atoms with Gasteiger partial charge >= 0.3 is 12.1 Å². The van der Waals surface area contributed by atoms with Crippen LogP contribution in [0.1, 0.15) is 131 Å². The molecule has 5 rings (SSSR count). The quantitative estimate of drug-likeness (QED) is 0.0275. The Kier molecular flexibility index (Phi) is 30.0. The van der Waals surface area contributed by atoms with E-state index in [4.69, 9.17) is 19.9 Å². The van der Waals surface area contributed by atoms with Crippen LogP contribution >= 0.6 is 0 Å². The van der Waals surface area contributed by atoms with E-state index in [9.17, 15) is 57.8 Å². The number of methoxy groups -OCH3 is 2. The van der Waals surface area contributed by atoms with Crippen molar-refractivity contribution in [2.75, 3.05) is 51.6 Å². The fourth-order valence-corrected chi connectivity index (χ4v) is 12.3. The summed E-state index contributed by atoms with van der Waals surface area (Å²) in [7, 11) is 6.07. The molecule has 0 unspecified atom stereocenters. The van der Waals surface area contributed by atoms with Crippen LogP contribution < -0.4 is 42.5 Å². The van der Waals surface area contributed by atoms with E-state index in [0.717, 1.165) is 4.90 Å². The molecule has 12 amide bonds. The predicted octanol–water partition coefficient (Wildman–Crippen LogP) is 5.26. The van der Waals surface area contributed by atoms with Gasteiger partial charge in [-0.05, 0) is 97.2 Å². The first-order valence-corrected chi connectivity index (χ1v) is 33.0. The molecular formula is C70H101N11O15. The standard InChI is InChI=1S/C70H101N11O15/c1-15-43(8)61(53(94-13)38-57(85)80-36-20-24-52(80)63(95-14)44(9)64(87)73-45(10)62(86)48-21-17-16-18-22-48)78(11)68(91)59(41(4)5)77-67(90)60(42(6)7)79(12)70(93)96-39-47-25-29-49(30-26-47)74-65(88)51(23-19-35-72-69(71)92)75-66(89)58(40(2)3)76-54(82)37-46-27-31-50(32-28-46)81-55(83)33-34-56(81)84/h16-18,21-22,25-34,40-45,51-53,58-63,86H,15,19-20,23-24,35-39H2,1-14H3,(H,73,87)(H,74,88)(H,75,89)(H,76,82)(H,77,90)(H3,71,72,92)/t43-,44+,45+,51-,52-,53+,58-,59-,60-,61+,62+,63+/m0/s1. The van der Waals surface area contributed by atoms with Crippen molar-refractivity contribution in [3.05, 3.63) is 108 Å². The number of hydrogen-bond donors (Lipinski definition) is 8. The molecule has 1 saturated heterocycles. The Morgan fingerprint density at radius 3 is 1.88 bits per heavy atom. The number of likely N-dealkylation sites (tertiary alicyclic amines) is 1. The van der Waals surface area contributed by atoms with E-state index < -0.39 is 138 Å². The lowest BCUT2D eigenvalue weighted by atomic mass is 9.89. The van der Waals surface area contributed by atoms with Gasteiger partial charge in [-0.25, -0.2) is 14.5 Å². The third kappa shape index (κ3) is 21.4. The summed E-state index contributed by atoms with van der Waals surface area (Å²) in [6.45, 7) is 18.3. The van der Waals surface area contributed by atoms with Gasteiger partial charge in [-0.2, -0.15) is 0 Å². The van der Waals surface area contributed by atoms with Gasteiger partial charge in [0.05, 0.1) is 60.9 Å². The molecule has 0 aromatic heterocycles. The maximum Gasteiger partial charge on any atom is 0.410 e. The van der Waals surface area contributed by atoms with Gasteiger partial charge in [0.25, 0.3) is 11.8 Å². The molecule has 3 aromatic carbocycles. The van der Waals surface area contributed by atoms with Crippen molar-refractivity contribution in [3.8, 4) is 0 Å². The minimum atomic E-state index is -1.14. The van der Waals surface area contributed by atoms with Crippen molar-refractivity contribution < 1.29 is 72.1 Å². The fourth-order valence-electron chi connectivity index (χ4n) is 12.3. The average molecular weight is 1340 g/mol. The van der Waals surface area contributed by atoms with Crippen LogP contribution in [-0.4, -0.2) is 181 Å². The number of carbonyl (C=O) groups excluding carboxylic acids is 11. The summed E-state index contributed by atoms with van der Waals surface area (Å²) in [6, 6.07) is 14.8. The Labute approximate surface area is 563 Å². The van der Waals surface area contributed by atoms with E-state index in [1.165, 1.54) is 50.5 Å². The van der Waals surface area contributed by atoms with E-state index in [0.29, 0.717) is 53.9 Å². The fraction of sp³-hybridized carbons (Fsp3) is 0.557. The molecule has 0 spiro atoms. The van der Waals surface area contributed by atoms with Gasteiger partial charge in [0.15, 0.2) is 0 Å². The predicted molar refractivity (Wildman–Crippen MR) is 361 cm³/mol. The lowest BCUT2D eigenvalue weighted by Crippen LogP contribution is -2.60. The SMILES string of the molecule is CC[C@H](C)[C@H]([C@@H](CC(=O)N1CCC[C@H]1[C@H](OC)[C@@H](C)C(=O)N[C@H](C)[C@@H](O)c1ccccc1)OC)N(C)C(=O)[C@@H](NC(=O)[C@H](C(C)C)N(C)C(=O)OCc1ccc(NC(=O)[C@H](CCCNC(N)=O)NC(=O)[C@@H](NC(=O)Cc2ccc(N3C(=O)C=CC3=O)cc2)C(C)C)cc1)C(C)C. The summed E-state index contributed by atoms with van der Waals surface area (Å²) in [5.41, 5.74) is 7.64. The van der Waals surface area contributed by atoms with Crippen molar-refractivity contribution in [1.29, 1.82) is 0 Å². The Bertz CT molecular complexity index is 3170. The largest absolute Gasteiger partial charge is 0.445 e. The first-order valence-electron chi connectivity index (χ1n) is 33.0. The number of primary amides is 1. The molecule has 0 radical (unpaired) electrons. The summed E-state index contributed by atoms with van der Waals surface area (Å²) in [5, 5.41) is 27.6. The Morgan fingerprint density at radius 2 is 1.31 bits per heavy atom. The van der Waals surface area contributed by atoms with Gasteiger partial charge in [-0.1, -0.05) is 123 Å². The summed E-state index contributed by atoms with van der Waals surface area (Å²) in [4.78, 5) is 153. The van der Waals surface area contributed by atoms with Crippen molar-refractivity contribution in [2.24, 2.45) is 35.3 Å². The third-order valence-electron chi connectivity index (χ3n) is 17.9. The highest BCUT2D eigenvalue weighted by atomic mass is 16.6. The smallest absolute Gasteiger partial charge is 0.410 e. The molecule has 0 aliphatic carbocycles. The number of carbonyl (C=O) groups is 11. The molecule has 2 aliphatic heterocycles. The highest BCUT2D eigenvalue weighted by Gasteiger charge is 2.44. The maximum atomic E-state index is 14.8. The van der Waals surface area contributed by atoms with Crippen molar-refractivity contribution >= 4 is 76.7 Å². The summed E-state index contributed by atoms with van der Waals surface area (Å²) >= 11 is 0. The maximum absolute atomic E-state index is 14.8. The molecule has 3 aromatic rings. The van der Waals surface area contributed by atoms with Crippen molar-refractivity contribution in [1.82, 2.24) is 41.3 Å². The zero-order valence-electron chi connectivity index (χ0n) is 57.9. The van der Waals surface area contributed by atoms with E-state index in [1.807, 2.05) is 32.0 Å². The minimum Gasteiger partial charge on any atom is -0.445 e. The lowest BCUT2D eigenvalue weighted by Gasteiger charge is -2.41. The normalized spacial score (nSPS) is 17.2. The summed E-state index contributed by atoms with van der Waals surface area (Å²) in [5.74, 6) is -6.48. The van der Waals surface area contributed by atoms with Gasteiger partial charge in [0.1, 0.15) is 30.8 Å². The molecular weight excluding hydrogens is 1230 g/mol. The van der Waals surface area contributed by atoms with Crippen LogP contribution in [0.5, 0.6) is 0 Å². The van der Waals surface area contributed by atoms with E-state index >= 15 is 0 Å². The van der Waals surface area contributed by atoms with E-state index in [-0.39, 0.29) is 56.6 Å². The lowest BCUT2D eigenvalue weighted by molar-refractivity contribution is -0.148. The molecule has 2 aliphatic rings. The Hall–Kier alpha value is -8.75. The number of rotatable bonds is 35. The zero-order chi connectivity index (χ0) is 71.2. The van der Waals surface area contributed by atoms with Gasteiger partial charge in [0, 0.05) is 59.2 Å². The highest BCUT2D eigenvalue weighted by Crippen LogP contribution is 2.31. The van der Waals surface area contributed by atoms with Crippen LogP contribution in [0.25, 0.3) is 0 Å². The monoisotopic (exact) mass is 1340 g/mol. The molecule has 26 nitrogen and oxygen atoms in total. The first-order chi connectivity index (χ1) is 45.4. The number of aliphatic hydroxyl groups excluding tert-OH is 1. The van der Waals surface area contributed by atoms with Crippen LogP contribution in [0.4, 0.5) is 21.0 Å². The number of nitrogens with zero attached hydrogens (tertiary/aromatic N) is 4. The van der Waals surface area contributed by atoms with Gasteiger partial charge in [0.2, 0.25) is 41.4 Å². The minimum absolute atomic E-state index is 0.0626. The Balaban J connectivity index is 1.19. The average Bonchev–Trinajstić information content (AvgIpc) is 1.52. The first kappa shape index (κ1) is 78.0. The van der Waals surface area contributed by atoms with Crippen LogP contribution in [-0.2, 0) is 70.4 Å². The number of nitrogens with one attached hydrogen (secondary N) is 6. The molecule has 0 bridgehead atoms. The van der Waals surface area contributed by atoms with Gasteiger partial charge in [-0.15, -0.1) is 0 Å².